The van der Waals surface area contributed by atoms with Crippen LogP contribution in [0.3, 0.4) is 0 Å². The van der Waals surface area contributed by atoms with Crippen LogP contribution in [0.1, 0.15) is 55.3 Å². The highest BCUT2D eigenvalue weighted by Gasteiger charge is 2.45. The van der Waals surface area contributed by atoms with E-state index in [0.29, 0.717) is 24.9 Å². The number of ether oxygens (including phenoxy) is 1. The Hall–Kier alpha value is -2.34. The van der Waals surface area contributed by atoms with Gasteiger partial charge in [0.1, 0.15) is 0 Å². The van der Waals surface area contributed by atoms with Gasteiger partial charge in [-0.2, -0.15) is 0 Å². The second kappa shape index (κ2) is 7.59. The van der Waals surface area contributed by atoms with Gasteiger partial charge in [-0.05, 0) is 37.3 Å². The van der Waals surface area contributed by atoms with E-state index >= 15 is 0 Å². The van der Waals surface area contributed by atoms with Crippen LogP contribution in [0.15, 0.2) is 40.9 Å². The van der Waals surface area contributed by atoms with Crippen molar-refractivity contribution in [1.82, 2.24) is 10.1 Å². The second-order valence-corrected chi connectivity index (χ2v) is 8.36. The number of carbonyl (C=O) groups is 1. The number of rotatable bonds is 4. The predicted octanol–water partition coefficient (Wildman–Crippen LogP) is 3.70. The number of piperidine rings is 1. The lowest BCUT2D eigenvalue weighted by Gasteiger charge is -2.38. The maximum Gasteiger partial charge on any atom is 0.292 e. The SMILES string of the molecule is CC(C)c1cc(C(=O)N2CCC3(CC2)C[C@H](N(C)c2ccccc2)CO3)on1. The van der Waals surface area contributed by atoms with E-state index in [4.69, 9.17) is 9.26 Å². The summed E-state index contributed by atoms with van der Waals surface area (Å²) in [5.41, 5.74) is 1.92. The molecule has 1 aromatic heterocycles. The quantitative estimate of drug-likeness (QED) is 0.806. The fourth-order valence-electron chi connectivity index (χ4n) is 4.23. The van der Waals surface area contributed by atoms with Crippen LogP contribution < -0.4 is 4.90 Å². The third-order valence-corrected chi connectivity index (χ3v) is 6.19. The molecule has 6 heteroatoms. The van der Waals surface area contributed by atoms with Crippen LogP contribution in [-0.2, 0) is 4.74 Å². The monoisotopic (exact) mass is 383 g/mol. The lowest BCUT2D eigenvalue weighted by molar-refractivity contribution is -0.0393. The molecule has 0 bridgehead atoms. The van der Waals surface area contributed by atoms with E-state index in [1.165, 1.54) is 5.69 Å². The number of anilines is 1. The van der Waals surface area contributed by atoms with Gasteiger partial charge in [0, 0.05) is 31.9 Å². The minimum atomic E-state index is -0.116. The molecule has 1 amide bonds. The average molecular weight is 383 g/mol. The Morgan fingerprint density at radius 2 is 1.96 bits per heavy atom. The number of likely N-dealkylation sites (N-methyl/N-ethyl adjacent to an activating group) is 1. The van der Waals surface area contributed by atoms with Crippen LogP contribution >= 0.6 is 0 Å². The van der Waals surface area contributed by atoms with Crippen molar-refractivity contribution in [3.05, 3.63) is 47.9 Å². The number of benzene rings is 1. The van der Waals surface area contributed by atoms with E-state index in [2.05, 4.69) is 41.4 Å². The average Bonchev–Trinajstić information content (AvgIpc) is 3.36. The van der Waals surface area contributed by atoms with Crippen molar-refractivity contribution >= 4 is 11.6 Å². The summed E-state index contributed by atoms with van der Waals surface area (Å²) in [4.78, 5) is 16.9. The Bertz CT molecular complexity index is 809. The highest BCUT2D eigenvalue weighted by molar-refractivity contribution is 5.91. The summed E-state index contributed by atoms with van der Waals surface area (Å²) in [6.07, 6.45) is 2.73. The Morgan fingerprint density at radius 1 is 1.25 bits per heavy atom. The van der Waals surface area contributed by atoms with Crippen molar-refractivity contribution in [3.63, 3.8) is 0 Å². The molecule has 1 atom stereocenters. The van der Waals surface area contributed by atoms with Gasteiger partial charge in [0.2, 0.25) is 5.76 Å². The van der Waals surface area contributed by atoms with Gasteiger partial charge in [0.05, 0.1) is 23.9 Å². The smallest absolute Gasteiger partial charge is 0.292 e. The Labute approximate surface area is 166 Å². The molecule has 0 radical (unpaired) electrons. The molecular weight excluding hydrogens is 354 g/mol. The molecule has 2 aromatic rings. The largest absolute Gasteiger partial charge is 0.373 e. The number of para-hydroxylation sites is 1. The Morgan fingerprint density at radius 3 is 2.61 bits per heavy atom. The number of likely N-dealkylation sites (tertiary alicyclic amines) is 1. The molecule has 28 heavy (non-hydrogen) atoms. The number of carbonyl (C=O) groups excluding carboxylic acids is 1. The summed E-state index contributed by atoms with van der Waals surface area (Å²) in [5, 5.41) is 4.01. The van der Waals surface area contributed by atoms with E-state index in [1.807, 2.05) is 24.8 Å². The van der Waals surface area contributed by atoms with Crippen molar-refractivity contribution in [3.8, 4) is 0 Å². The number of hydrogen-bond donors (Lipinski definition) is 0. The molecule has 2 saturated heterocycles. The molecule has 0 N–H and O–H groups in total. The van der Waals surface area contributed by atoms with Crippen LogP contribution in [0.25, 0.3) is 0 Å². The normalized spacial score (nSPS) is 21.4. The predicted molar refractivity (Wildman–Crippen MR) is 108 cm³/mol. The first-order chi connectivity index (χ1) is 13.5. The molecule has 2 aliphatic heterocycles. The summed E-state index contributed by atoms with van der Waals surface area (Å²) in [6.45, 7) is 6.20. The van der Waals surface area contributed by atoms with Crippen LogP contribution in [0.2, 0.25) is 0 Å². The van der Waals surface area contributed by atoms with E-state index in [0.717, 1.165) is 31.6 Å². The zero-order valence-corrected chi connectivity index (χ0v) is 16.9. The molecule has 0 saturated carbocycles. The maximum atomic E-state index is 12.7. The van der Waals surface area contributed by atoms with Crippen molar-refractivity contribution in [2.45, 2.75) is 50.7 Å². The third-order valence-electron chi connectivity index (χ3n) is 6.19. The molecule has 150 valence electrons. The summed E-state index contributed by atoms with van der Waals surface area (Å²) < 4.78 is 11.6. The van der Waals surface area contributed by atoms with Gasteiger partial charge in [-0.3, -0.25) is 4.79 Å². The Balaban J connectivity index is 1.35. The van der Waals surface area contributed by atoms with Crippen molar-refractivity contribution < 1.29 is 14.1 Å². The van der Waals surface area contributed by atoms with Crippen molar-refractivity contribution in [1.29, 1.82) is 0 Å². The highest BCUT2D eigenvalue weighted by Crippen LogP contribution is 2.38. The lowest BCUT2D eigenvalue weighted by Crippen LogP contribution is -2.47. The number of aromatic nitrogens is 1. The summed E-state index contributed by atoms with van der Waals surface area (Å²) in [5.74, 6) is 0.527. The van der Waals surface area contributed by atoms with Gasteiger partial charge in [-0.1, -0.05) is 37.2 Å². The van der Waals surface area contributed by atoms with Gasteiger partial charge >= 0.3 is 0 Å². The third kappa shape index (κ3) is 3.65. The van der Waals surface area contributed by atoms with Crippen LogP contribution in [-0.4, -0.2) is 54.4 Å². The van der Waals surface area contributed by atoms with Crippen molar-refractivity contribution in [2.24, 2.45) is 0 Å². The lowest BCUT2D eigenvalue weighted by atomic mass is 9.87. The summed E-state index contributed by atoms with van der Waals surface area (Å²) >= 11 is 0. The van der Waals surface area contributed by atoms with Gasteiger partial charge in [-0.15, -0.1) is 0 Å². The van der Waals surface area contributed by atoms with E-state index in [-0.39, 0.29) is 17.4 Å². The molecule has 1 aromatic carbocycles. The molecular formula is C22H29N3O3. The Kier molecular flexibility index (Phi) is 5.15. The molecule has 1 spiro atoms. The molecule has 3 heterocycles. The maximum absolute atomic E-state index is 12.7. The zero-order valence-electron chi connectivity index (χ0n) is 16.9. The van der Waals surface area contributed by atoms with Crippen LogP contribution in [0.4, 0.5) is 5.69 Å². The molecule has 2 fully saturated rings. The standard InChI is InChI=1S/C22H29N3O3/c1-16(2)19-13-20(28-23-19)21(26)25-11-9-22(10-12-25)14-18(15-27-22)24(3)17-7-5-4-6-8-17/h4-8,13,16,18H,9-12,14-15H2,1-3H3/t18-/m0/s1. The molecule has 2 aliphatic rings. The van der Waals surface area contributed by atoms with Gasteiger partial charge < -0.3 is 19.1 Å². The topological polar surface area (TPSA) is 58.8 Å². The summed E-state index contributed by atoms with van der Waals surface area (Å²) in [6, 6.07) is 12.6. The highest BCUT2D eigenvalue weighted by atomic mass is 16.5. The van der Waals surface area contributed by atoms with Gasteiger partial charge in [-0.25, -0.2) is 0 Å². The molecule has 6 nitrogen and oxygen atoms in total. The number of nitrogens with zero attached hydrogens (tertiary/aromatic N) is 3. The van der Waals surface area contributed by atoms with Crippen molar-refractivity contribution in [2.75, 3.05) is 31.6 Å². The first-order valence-corrected chi connectivity index (χ1v) is 10.2. The fraction of sp³-hybridized carbons (Fsp3) is 0.545. The fourth-order valence-corrected chi connectivity index (χ4v) is 4.23. The number of hydrogen-bond acceptors (Lipinski definition) is 5. The molecule has 4 rings (SSSR count). The van der Waals surface area contributed by atoms with Crippen LogP contribution in [0.5, 0.6) is 0 Å². The molecule has 0 aliphatic carbocycles. The van der Waals surface area contributed by atoms with E-state index in [1.54, 1.807) is 6.07 Å². The number of amides is 1. The zero-order chi connectivity index (χ0) is 19.7. The minimum absolute atomic E-state index is 0.0646. The van der Waals surface area contributed by atoms with E-state index < -0.39 is 0 Å². The van der Waals surface area contributed by atoms with E-state index in [9.17, 15) is 4.79 Å². The first kappa shape index (κ1) is 19.0. The summed E-state index contributed by atoms with van der Waals surface area (Å²) in [7, 11) is 2.14. The van der Waals surface area contributed by atoms with Gasteiger partial charge in [0.15, 0.2) is 0 Å². The molecule has 0 unspecified atom stereocenters. The van der Waals surface area contributed by atoms with Crippen LogP contribution in [0, 0.1) is 0 Å². The minimum Gasteiger partial charge on any atom is -0.373 e. The first-order valence-electron chi connectivity index (χ1n) is 10.2. The second-order valence-electron chi connectivity index (χ2n) is 8.36. The van der Waals surface area contributed by atoms with Gasteiger partial charge in [0.25, 0.3) is 5.91 Å².